The summed E-state index contributed by atoms with van der Waals surface area (Å²) in [6.07, 6.45) is 1.43. The molecular formula is C15H24N2O2. The van der Waals surface area contributed by atoms with Crippen molar-refractivity contribution in [2.45, 2.75) is 39.3 Å². The lowest BCUT2D eigenvalue weighted by Gasteiger charge is -2.08. The number of hydrogen-bond donors (Lipinski definition) is 2. The van der Waals surface area contributed by atoms with Crippen LogP contribution in [0, 0.1) is 0 Å². The van der Waals surface area contributed by atoms with Crippen molar-refractivity contribution in [2.75, 3.05) is 13.7 Å². The number of benzene rings is 1. The van der Waals surface area contributed by atoms with Crippen LogP contribution in [0.3, 0.4) is 0 Å². The first-order valence-electron chi connectivity index (χ1n) is 6.75. The third-order valence-corrected chi connectivity index (χ3v) is 2.78. The van der Waals surface area contributed by atoms with Crippen molar-refractivity contribution >= 4 is 5.91 Å². The molecule has 4 nitrogen and oxygen atoms in total. The van der Waals surface area contributed by atoms with Crippen molar-refractivity contribution in [3.05, 3.63) is 29.8 Å². The summed E-state index contributed by atoms with van der Waals surface area (Å²) in [7, 11) is 1.64. The Hall–Kier alpha value is -1.55. The van der Waals surface area contributed by atoms with E-state index in [9.17, 15) is 4.79 Å². The van der Waals surface area contributed by atoms with Crippen LogP contribution < -0.4 is 15.4 Å². The molecule has 0 saturated heterocycles. The van der Waals surface area contributed by atoms with Crippen LogP contribution in [0.4, 0.5) is 0 Å². The Labute approximate surface area is 115 Å². The van der Waals surface area contributed by atoms with E-state index < -0.39 is 0 Å². The van der Waals surface area contributed by atoms with Crippen LogP contribution in [0.15, 0.2) is 24.3 Å². The van der Waals surface area contributed by atoms with Gasteiger partial charge in [-0.2, -0.15) is 0 Å². The average Bonchev–Trinajstić information content (AvgIpc) is 2.41. The van der Waals surface area contributed by atoms with Crippen molar-refractivity contribution in [3.8, 4) is 5.75 Å². The third kappa shape index (κ3) is 6.82. The second kappa shape index (κ2) is 8.53. The molecule has 0 heterocycles. The van der Waals surface area contributed by atoms with E-state index in [2.05, 4.69) is 24.5 Å². The predicted molar refractivity (Wildman–Crippen MR) is 77.2 cm³/mol. The predicted octanol–water partition coefficient (Wildman–Crippen LogP) is 2.09. The average molecular weight is 264 g/mol. The number of nitrogens with one attached hydrogen (secondary N) is 2. The Kier molecular flexibility index (Phi) is 6.97. The molecule has 0 aromatic heterocycles. The molecule has 1 amide bonds. The number of carbonyl (C=O) groups excluding carboxylic acids is 1. The fourth-order valence-corrected chi connectivity index (χ4v) is 1.67. The maximum Gasteiger partial charge on any atom is 0.220 e. The van der Waals surface area contributed by atoms with Gasteiger partial charge < -0.3 is 15.4 Å². The Morgan fingerprint density at radius 3 is 2.53 bits per heavy atom. The maximum atomic E-state index is 11.6. The molecule has 19 heavy (non-hydrogen) atoms. The molecular weight excluding hydrogens is 240 g/mol. The first-order chi connectivity index (χ1) is 9.11. The lowest BCUT2D eigenvalue weighted by Crippen LogP contribution is -2.27. The monoisotopic (exact) mass is 264 g/mol. The van der Waals surface area contributed by atoms with Gasteiger partial charge in [-0.05, 0) is 30.7 Å². The van der Waals surface area contributed by atoms with Gasteiger partial charge in [0.05, 0.1) is 7.11 Å². The van der Waals surface area contributed by atoms with Gasteiger partial charge in [0.1, 0.15) is 5.75 Å². The first-order valence-corrected chi connectivity index (χ1v) is 6.75. The summed E-state index contributed by atoms with van der Waals surface area (Å²) in [4.78, 5) is 11.6. The largest absolute Gasteiger partial charge is 0.497 e. The summed E-state index contributed by atoms with van der Waals surface area (Å²) in [6, 6.07) is 8.18. The smallest absolute Gasteiger partial charge is 0.220 e. The minimum atomic E-state index is 0.0985. The highest BCUT2D eigenvalue weighted by atomic mass is 16.5. The molecule has 0 aliphatic carbocycles. The van der Waals surface area contributed by atoms with E-state index in [-0.39, 0.29) is 5.91 Å². The van der Waals surface area contributed by atoms with Gasteiger partial charge in [-0.3, -0.25) is 4.79 Å². The van der Waals surface area contributed by atoms with E-state index in [1.807, 2.05) is 24.3 Å². The summed E-state index contributed by atoms with van der Waals surface area (Å²) in [5.74, 6) is 0.927. The number of carbonyl (C=O) groups is 1. The van der Waals surface area contributed by atoms with Gasteiger partial charge in [0.2, 0.25) is 5.91 Å². The number of hydrogen-bond acceptors (Lipinski definition) is 3. The van der Waals surface area contributed by atoms with Crippen molar-refractivity contribution in [1.82, 2.24) is 10.6 Å². The van der Waals surface area contributed by atoms with E-state index in [1.54, 1.807) is 7.11 Å². The first kappa shape index (κ1) is 15.5. The summed E-state index contributed by atoms with van der Waals surface area (Å²) < 4.78 is 5.09. The molecule has 0 radical (unpaired) electrons. The van der Waals surface area contributed by atoms with E-state index in [0.29, 0.717) is 19.0 Å². The molecule has 4 heteroatoms. The molecule has 1 rings (SSSR count). The van der Waals surface area contributed by atoms with E-state index >= 15 is 0 Å². The fraction of sp³-hybridized carbons (Fsp3) is 0.533. The number of ether oxygens (including phenoxy) is 1. The second-order valence-electron chi connectivity index (χ2n) is 4.84. The van der Waals surface area contributed by atoms with Crippen LogP contribution in [0.5, 0.6) is 5.75 Å². The molecule has 0 aliphatic heterocycles. The molecule has 0 aliphatic rings. The Bertz CT molecular complexity index is 374. The van der Waals surface area contributed by atoms with Crippen molar-refractivity contribution in [1.29, 1.82) is 0 Å². The summed E-state index contributed by atoms with van der Waals surface area (Å²) in [6.45, 7) is 5.65. The van der Waals surface area contributed by atoms with Crippen LogP contribution in [-0.4, -0.2) is 25.6 Å². The molecule has 0 spiro atoms. The van der Waals surface area contributed by atoms with Gasteiger partial charge >= 0.3 is 0 Å². The molecule has 0 fully saturated rings. The number of rotatable bonds is 8. The molecule has 0 unspecified atom stereocenters. The lowest BCUT2D eigenvalue weighted by atomic mass is 10.2. The van der Waals surface area contributed by atoms with Gasteiger partial charge in [-0.25, -0.2) is 0 Å². The second-order valence-corrected chi connectivity index (χ2v) is 4.84. The van der Waals surface area contributed by atoms with Crippen LogP contribution in [0.25, 0.3) is 0 Å². The topological polar surface area (TPSA) is 50.4 Å². The molecule has 106 valence electrons. The minimum Gasteiger partial charge on any atom is -0.497 e. The Morgan fingerprint density at radius 2 is 1.95 bits per heavy atom. The maximum absolute atomic E-state index is 11.6. The standard InChI is InChI=1S/C15H24N2O2/c1-12(2)16-10-4-5-15(18)17-11-13-6-8-14(19-3)9-7-13/h6-9,12,16H,4-5,10-11H2,1-3H3,(H,17,18). The number of amides is 1. The van der Waals surface area contributed by atoms with Crippen LogP contribution in [0.2, 0.25) is 0 Å². The van der Waals surface area contributed by atoms with Gasteiger partial charge in [-0.1, -0.05) is 26.0 Å². The summed E-state index contributed by atoms with van der Waals surface area (Å²) in [5, 5.41) is 6.21. The van der Waals surface area contributed by atoms with Crippen molar-refractivity contribution in [2.24, 2.45) is 0 Å². The zero-order valence-electron chi connectivity index (χ0n) is 12.0. The van der Waals surface area contributed by atoms with E-state index in [0.717, 1.165) is 24.3 Å². The van der Waals surface area contributed by atoms with Crippen LogP contribution >= 0.6 is 0 Å². The quantitative estimate of drug-likeness (QED) is 0.707. The van der Waals surface area contributed by atoms with Gasteiger partial charge in [0, 0.05) is 19.0 Å². The normalized spacial score (nSPS) is 10.5. The highest BCUT2D eigenvalue weighted by molar-refractivity contribution is 5.75. The molecule has 1 aromatic rings. The molecule has 0 atom stereocenters. The van der Waals surface area contributed by atoms with Crippen molar-refractivity contribution in [3.63, 3.8) is 0 Å². The van der Waals surface area contributed by atoms with Crippen LogP contribution in [0.1, 0.15) is 32.3 Å². The molecule has 0 bridgehead atoms. The Morgan fingerprint density at radius 1 is 1.26 bits per heavy atom. The SMILES string of the molecule is COc1ccc(CNC(=O)CCCNC(C)C)cc1. The van der Waals surface area contributed by atoms with E-state index in [4.69, 9.17) is 4.74 Å². The van der Waals surface area contributed by atoms with Gasteiger partial charge in [-0.15, -0.1) is 0 Å². The van der Waals surface area contributed by atoms with Gasteiger partial charge in [0.15, 0.2) is 0 Å². The number of methoxy groups -OCH3 is 1. The fourth-order valence-electron chi connectivity index (χ4n) is 1.67. The molecule has 0 saturated carbocycles. The lowest BCUT2D eigenvalue weighted by molar-refractivity contribution is -0.121. The molecule has 1 aromatic carbocycles. The Balaban J connectivity index is 2.18. The third-order valence-electron chi connectivity index (χ3n) is 2.78. The van der Waals surface area contributed by atoms with E-state index in [1.165, 1.54) is 0 Å². The van der Waals surface area contributed by atoms with Crippen LogP contribution in [-0.2, 0) is 11.3 Å². The zero-order chi connectivity index (χ0) is 14.1. The zero-order valence-corrected chi connectivity index (χ0v) is 12.0. The highest BCUT2D eigenvalue weighted by Gasteiger charge is 2.02. The van der Waals surface area contributed by atoms with Gasteiger partial charge in [0.25, 0.3) is 0 Å². The molecule has 2 N–H and O–H groups in total. The minimum absolute atomic E-state index is 0.0985. The van der Waals surface area contributed by atoms with Crippen molar-refractivity contribution < 1.29 is 9.53 Å². The summed E-state index contributed by atoms with van der Waals surface area (Å²) in [5.41, 5.74) is 1.08. The highest BCUT2D eigenvalue weighted by Crippen LogP contribution is 2.10. The summed E-state index contributed by atoms with van der Waals surface area (Å²) >= 11 is 0.